The SMILES string of the molecule is CC/C(N)=C\C1=C(C)CC(N)(C=O)C1. The molecule has 1 rings (SSSR count). The third-order valence-electron chi connectivity index (χ3n) is 2.66. The van der Waals surface area contributed by atoms with Gasteiger partial charge in [-0.15, -0.1) is 0 Å². The van der Waals surface area contributed by atoms with Crippen LogP contribution in [-0.4, -0.2) is 11.8 Å². The van der Waals surface area contributed by atoms with Crippen molar-refractivity contribution >= 4 is 6.29 Å². The predicted molar refractivity (Wildman–Crippen MR) is 57.5 cm³/mol. The largest absolute Gasteiger partial charge is 0.402 e. The van der Waals surface area contributed by atoms with Gasteiger partial charge in [0.15, 0.2) is 0 Å². The Morgan fingerprint density at radius 3 is 2.64 bits per heavy atom. The van der Waals surface area contributed by atoms with Crippen molar-refractivity contribution in [3.8, 4) is 0 Å². The molecule has 1 atom stereocenters. The fourth-order valence-corrected chi connectivity index (χ4v) is 1.76. The standard InChI is InChI=1S/C11H18N2O/c1-3-10(12)4-9-6-11(13,7-14)5-8(9)2/h4,7H,3,5-6,12-13H2,1-2H3/b10-4+. The Morgan fingerprint density at radius 2 is 2.21 bits per heavy atom. The molecule has 0 aromatic heterocycles. The van der Waals surface area contributed by atoms with E-state index < -0.39 is 5.54 Å². The van der Waals surface area contributed by atoms with Gasteiger partial charge in [-0.2, -0.15) is 0 Å². The lowest BCUT2D eigenvalue weighted by atomic mass is 9.98. The van der Waals surface area contributed by atoms with Crippen LogP contribution >= 0.6 is 0 Å². The van der Waals surface area contributed by atoms with Crippen molar-refractivity contribution in [2.75, 3.05) is 0 Å². The first-order valence-corrected chi connectivity index (χ1v) is 4.90. The van der Waals surface area contributed by atoms with Gasteiger partial charge < -0.3 is 16.3 Å². The maximum atomic E-state index is 10.8. The molecule has 1 unspecified atom stereocenters. The van der Waals surface area contributed by atoms with E-state index in [1.54, 1.807) is 0 Å². The van der Waals surface area contributed by atoms with Crippen molar-refractivity contribution in [2.45, 2.75) is 38.6 Å². The summed E-state index contributed by atoms with van der Waals surface area (Å²) in [6, 6.07) is 0. The van der Waals surface area contributed by atoms with Crippen LogP contribution in [0, 0.1) is 0 Å². The van der Waals surface area contributed by atoms with Crippen LogP contribution in [-0.2, 0) is 4.79 Å². The van der Waals surface area contributed by atoms with E-state index in [-0.39, 0.29) is 0 Å². The summed E-state index contributed by atoms with van der Waals surface area (Å²) in [5.74, 6) is 0. The van der Waals surface area contributed by atoms with E-state index >= 15 is 0 Å². The van der Waals surface area contributed by atoms with Crippen LogP contribution in [0.3, 0.4) is 0 Å². The molecule has 4 N–H and O–H groups in total. The van der Waals surface area contributed by atoms with E-state index in [0.717, 1.165) is 24.0 Å². The molecule has 0 radical (unpaired) electrons. The molecule has 14 heavy (non-hydrogen) atoms. The molecule has 0 aromatic carbocycles. The van der Waals surface area contributed by atoms with Gasteiger partial charge in [0.1, 0.15) is 6.29 Å². The fourth-order valence-electron chi connectivity index (χ4n) is 1.76. The van der Waals surface area contributed by atoms with Crippen LogP contribution in [0.15, 0.2) is 22.9 Å². The topological polar surface area (TPSA) is 69.1 Å². The number of hydrogen-bond donors (Lipinski definition) is 2. The summed E-state index contributed by atoms with van der Waals surface area (Å²) >= 11 is 0. The van der Waals surface area contributed by atoms with Gasteiger partial charge in [-0.05, 0) is 37.8 Å². The molecule has 1 aliphatic carbocycles. The minimum atomic E-state index is -0.691. The number of rotatable bonds is 3. The monoisotopic (exact) mass is 194 g/mol. The zero-order chi connectivity index (χ0) is 10.8. The summed E-state index contributed by atoms with van der Waals surface area (Å²) < 4.78 is 0. The molecule has 1 aliphatic rings. The Balaban J connectivity index is 2.83. The number of aldehydes is 1. The van der Waals surface area contributed by atoms with Gasteiger partial charge in [-0.1, -0.05) is 12.5 Å². The molecule has 0 fully saturated rings. The van der Waals surface area contributed by atoms with Crippen molar-refractivity contribution in [1.29, 1.82) is 0 Å². The highest BCUT2D eigenvalue weighted by Gasteiger charge is 2.32. The number of hydrogen-bond acceptors (Lipinski definition) is 3. The Kier molecular flexibility index (Phi) is 3.11. The van der Waals surface area contributed by atoms with Gasteiger partial charge in [0.2, 0.25) is 0 Å². The zero-order valence-corrected chi connectivity index (χ0v) is 8.84. The Labute approximate surface area is 84.8 Å². The number of allylic oxidation sites excluding steroid dienone is 2. The number of nitrogens with two attached hydrogens (primary N) is 2. The van der Waals surface area contributed by atoms with E-state index in [1.807, 2.05) is 19.9 Å². The second-order valence-electron chi connectivity index (χ2n) is 4.08. The average molecular weight is 194 g/mol. The summed E-state index contributed by atoms with van der Waals surface area (Å²) in [6.07, 6.45) is 4.89. The van der Waals surface area contributed by atoms with Gasteiger partial charge in [0.25, 0.3) is 0 Å². The lowest BCUT2D eigenvalue weighted by Gasteiger charge is -2.14. The van der Waals surface area contributed by atoms with Crippen LogP contribution in [0.1, 0.15) is 33.1 Å². The molecular formula is C11H18N2O. The van der Waals surface area contributed by atoms with Gasteiger partial charge in [0.05, 0.1) is 5.54 Å². The first-order valence-electron chi connectivity index (χ1n) is 4.90. The minimum Gasteiger partial charge on any atom is -0.402 e. The van der Waals surface area contributed by atoms with Crippen molar-refractivity contribution in [3.63, 3.8) is 0 Å². The molecule has 78 valence electrons. The van der Waals surface area contributed by atoms with Gasteiger partial charge in [-0.3, -0.25) is 0 Å². The van der Waals surface area contributed by atoms with Crippen molar-refractivity contribution < 1.29 is 4.79 Å². The highest BCUT2D eigenvalue weighted by Crippen LogP contribution is 2.32. The van der Waals surface area contributed by atoms with Crippen molar-refractivity contribution in [2.24, 2.45) is 11.5 Å². The molecule has 3 nitrogen and oxygen atoms in total. The van der Waals surface area contributed by atoms with E-state index in [0.29, 0.717) is 12.8 Å². The first-order chi connectivity index (χ1) is 6.50. The minimum absolute atomic E-state index is 0.614. The van der Waals surface area contributed by atoms with Crippen LogP contribution in [0.5, 0.6) is 0 Å². The zero-order valence-electron chi connectivity index (χ0n) is 8.84. The quantitative estimate of drug-likeness (QED) is 0.664. The predicted octanol–water partition coefficient (Wildman–Crippen LogP) is 1.25. The molecule has 0 spiro atoms. The van der Waals surface area contributed by atoms with E-state index in [4.69, 9.17) is 11.5 Å². The maximum Gasteiger partial charge on any atom is 0.140 e. The van der Waals surface area contributed by atoms with Gasteiger partial charge >= 0.3 is 0 Å². The Hall–Kier alpha value is -1.09. The fraction of sp³-hybridized carbons (Fsp3) is 0.545. The molecule has 0 aromatic rings. The summed E-state index contributed by atoms with van der Waals surface area (Å²) in [7, 11) is 0. The smallest absolute Gasteiger partial charge is 0.140 e. The molecule has 0 saturated carbocycles. The Morgan fingerprint density at radius 1 is 1.57 bits per heavy atom. The summed E-state index contributed by atoms with van der Waals surface area (Å²) in [5.41, 5.74) is 14.1. The van der Waals surface area contributed by atoms with Crippen molar-refractivity contribution in [1.82, 2.24) is 0 Å². The van der Waals surface area contributed by atoms with Gasteiger partial charge in [0, 0.05) is 5.70 Å². The lowest BCUT2D eigenvalue weighted by Crippen LogP contribution is -2.38. The van der Waals surface area contributed by atoms with E-state index in [9.17, 15) is 4.79 Å². The summed E-state index contributed by atoms with van der Waals surface area (Å²) in [4.78, 5) is 10.8. The normalized spacial score (nSPS) is 28.4. The summed E-state index contributed by atoms with van der Waals surface area (Å²) in [5, 5.41) is 0. The second-order valence-corrected chi connectivity index (χ2v) is 4.08. The van der Waals surface area contributed by atoms with E-state index in [1.165, 1.54) is 5.57 Å². The third kappa shape index (κ3) is 2.23. The van der Waals surface area contributed by atoms with Gasteiger partial charge in [-0.25, -0.2) is 0 Å². The second kappa shape index (κ2) is 3.96. The molecule has 3 heteroatoms. The number of carbonyl (C=O) groups is 1. The van der Waals surface area contributed by atoms with Crippen molar-refractivity contribution in [3.05, 3.63) is 22.9 Å². The highest BCUT2D eigenvalue weighted by atomic mass is 16.1. The van der Waals surface area contributed by atoms with Crippen LogP contribution in [0.4, 0.5) is 0 Å². The van der Waals surface area contributed by atoms with Crippen LogP contribution < -0.4 is 11.5 Å². The number of carbonyl (C=O) groups excluding carboxylic acids is 1. The average Bonchev–Trinajstić information content (AvgIpc) is 2.43. The molecular weight excluding hydrogens is 176 g/mol. The maximum absolute atomic E-state index is 10.8. The van der Waals surface area contributed by atoms with Crippen LogP contribution in [0.2, 0.25) is 0 Å². The molecule has 0 amide bonds. The van der Waals surface area contributed by atoms with Crippen LogP contribution in [0.25, 0.3) is 0 Å². The molecule has 0 aliphatic heterocycles. The van der Waals surface area contributed by atoms with E-state index in [2.05, 4.69) is 0 Å². The summed E-state index contributed by atoms with van der Waals surface area (Å²) in [6.45, 7) is 4.01. The molecule has 0 saturated heterocycles. The molecule has 0 bridgehead atoms. The highest BCUT2D eigenvalue weighted by molar-refractivity contribution is 5.68. The first kappa shape index (κ1) is 11.0. The lowest BCUT2D eigenvalue weighted by molar-refractivity contribution is -0.111. The third-order valence-corrected chi connectivity index (χ3v) is 2.66. The Bertz CT molecular complexity index is 304. The molecule has 0 heterocycles.